The lowest BCUT2D eigenvalue weighted by molar-refractivity contribution is -0.384. The second-order valence-corrected chi connectivity index (χ2v) is 3.65. The largest absolute Gasteiger partial charge is 0.478 e. The van der Waals surface area contributed by atoms with Gasteiger partial charge in [-0.2, -0.15) is 0 Å². The van der Waals surface area contributed by atoms with Crippen LogP contribution in [0.2, 0.25) is 0 Å². The van der Waals surface area contributed by atoms with Crippen LogP contribution in [0.4, 0.5) is 17.2 Å². The number of aromatic carboxylic acids is 1. The van der Waals surface area contributed by atoms with Gasteiger partial charge in [-0.15, -0.1) is 0 Å². The van der Waals surface area contributed by atoms with Crippen LogP contribution in [0.25, 0.3) is 0 Å². The third-order valence-electron chi connectivity index (χ3n) is 2.35. The molecule has 2 aromatic rings. The van der Waals surface area contributed by atoms with Crippen LogP contribution >= 0.6 is 0 Å². The topological polar surface area (TPSA) is 105 Å². The normalized spacial score (nSPS) is 9.89. The molecule has 1 heterocycles. The van der Waals surface area contributed by atoms with E-state index in [1.54, 1.807) is 30.3 Å². The molecule has 0 aliphatic heterocycles. The van der Waals surface area contributed by atoms with E-state index >= 15 is 0 Å². The molecule has 0 spiro atoms. The summed E-state index contributed by atoms with van der Waals surface area (Å²) < 4.78 is 0. The maximum Gasteiger partial charge on any atom is 0.337 e. The Morgan fingerprint density at radius 2 is 2.00 bits per heavy atom. The van der Waals surface area contributed by atoms with E-state index in [-0.39, 0.29) is 17.1 Å². The quantitative estimate of drug-likeness (QED) is 0.645. The van der Waals surface area contributed by atoms with Gasteiger partial charge in [0.25, 0.3) is 0 Å². The molecule has 19 heavy (non-hydrogen) atoms. The molecule has 7 heteroatoms. The number of nitrogens with one attached hydrogen (secondary N) is 1. The summed E-state index contributed by atoms with van der Waals surface area (Å²) in [4.78, 5) is 24.8. The summed E-state index contributed by atoms with van der Waals surface area (Å²) in [5.41, 5.74) is 0.00948. The van der Waals surface area contributed by atoms with Crippen LogP contribution in [0.15, 0.2) is 42.6 Å². The summed E-state index contributed by atoms with van der Waals surface area (Å²) >= 11 is 0. The van der Waals surface area contributed by atoms with Gasteiger partial charge in [0, 0.05) is 18.0 Å². The molecule has 0 aliphatic carbocycles. The van der Waals surface area contributed by atoms with E-state index in [4.69, 9.17) is 5.11 Å². The molecular formula is C12H9N3O4. The smallest absolute Gasteiger partial charge is 0.337 e. The summed E-state index contributed by atoms with van der Waals surface area (Å²) in [6, 6.07) is 9.74. The average Bonchev–Trinajstić information content (AvgIpc) is 2.39. The van der Waals surface area contributed by atoms with Crippen LogP contribution in [0.1, 0.15) is 10.4 Å². The van der Waals surface area contributed by atoms with E-state index in [1.165, 1.54) is 0 Å². The Morgan fingerprint density at radius 1 is 1.32 bits per heavy atom. The molecule has 0 saturated carbocycles. The number of anilines is 2. The summed E-state index contributed by atoms with van der Waals surface area (Å²) in [6.45, 7) is 0. The molecule has 2 rings (SSSR count). The third-order valence-corrected chi connectivity index (χ3v) is 2.35. The van der Waals surface area contributed by atoms with Crippen LogP contribution < -0.4 is 5.32 Å². The number of nitro groups is 1. The SMILES string of the molecule is O=C(O)c1cnc(Nc2ccccc2)c([N+](=O)[O-])c1. The van der Waals surface area contributed by atoms with E-state index in [0.717, 1.165) is 12.3 Å². The van der Waals surface area contributed by atoms with Crippen molar-refractivity contribution in [2.24, 2.45) is 0 Å². The van der Waals surface area contributed by atoms with Crippen molar-refractivity contribution in [3.8, 4) is 0 Å². The average molecular weight is 259 g/mol. The summed E-state index contributed by atoms with van der Waals surface area (Å²) in [6.07, 6.45) is 1.07. The van der Waals surface area contributed by atoms with Crippen molar-refractivity contribution in [3.63, 3.8) is 0 Å². The zero-order valence-electron chi connectivity index (χ0n) is 9.61. The van der Waals surface area contributed by atoms with Crippen molar-refractivity contribution < 1.29 is 14.8 Å². The first-order chi connectivity index (χ1) is 9.08. The Morgan fingerprint density at radius 3 is 2.58 bits per heavy atom. The van der Waals surface area contributed by atoms with Crippen molar-refractivity contribution in [1.82, 2.24) is 4.98 Å². The second-order valence-electron chi connectivity index (χ2n) is 3.65. The predicted octanol–water partition coefficient (Wildman–Crippen LogP) is 2.43. The number of carboxylic acids is 1. The van der Waals surface area contributed by atoms with Crippen LogP contribution in [-0.2, 0) is 0 Å². The maximum absolute atomic E-state index is 10.9. The van der Waals surface area contributed by atoms with Crippen LogP contribution in [0, 0.1) is 10.1 Å². The van der Waals surface area contributed by atoms with Gasteiger partial charge in [0.15, 0.2) is 0 Å². The Balaban J connectivity index is 2.40. The standard InChI is InChI=1S/C12H9N3O4/c16-12(17)8-6-10(15(18)19)11(13-7-8)14-9-4-2-1-3-5-9/h1-7H,(H,13,14)(H,16,17). The first-order valence-electron chi connectivity index (χ1n) is 5.28. The van der Waals surface area contributed by atoms with E-state index in [2.05, 4.69) is 10.3 Å². The van der Waals surface area contributed by atoms with Crippen molar-refractivity contribution in [2.45, 2.75) is 0 Å². The Kier molecular flexibility index (Phi) is 3.37. The van der Waals surface area contributed by atoms with Crippen LogP contribution in [0.5, 0.6) is 0 Å². The van der Waals surface area contributed by atoms with Crippen LogP contribution in [-0.4, -0.2) is 21.0 Å². The number of carbonyl (C=O) groups is 1. The molecule has 0 unspecified atom stereocenters. The molecule has 7 nitrogen and oxygen atoms in total. The molecule has 0 bridgehead atoms. The highest BCUT2D eigenvalue weighted by molar-refractivity contribution is 5.89. The number of rotatable bonds is 4. The van der Waals surface area contributed by atoms with Crippen molar-refractivity contribution in [1.29, 1.82) is 0 Å². The van der Waals surface area contributed by atoms with E-state index in [0.29, 0.717) is 5.69 Å². The number of nitrogens with zero attached hydrogens (tertiary/aromatic N) is 2. The summed E-state index contributed by atoms with van der Waals surface area (Å²) in [7, 11) is 0. The van der Waals surface area contributed by atoms with E-state index < -0.39 is 10.9 Å². The van der Waals surface area contributed by atoms with Crippen LogP contribution in [0.3, 0.4) is 0 Å². The maximum atomic E-state index is 10.9. The number of benzene rings is 1. The predicted molar refractivity (Wildman–Crippen MR) is 67.6 cm³/mol. The molecule has 0 amide bonds. The van der Waals surface area contributed by atoms with E-state index in [9.17, 15) is 14.9 Å². The number of pyridine rings is 1. The molecule has 0 saturated heterocycles. The molecule has 1 aromatic heterocycles. The van der Waals surface area contributed by atoms with Gasteiger partial charge in [0.2, 0.25) is 5.82 Å². The minimum absolute atomic E-state index is 0.00111. The Hall–Kier alpha value is -2.96. The first kappa shape index (κ1) is 12.5. The van der Waals surface area contributed by atoms with Crippen molar-refractivity contribution >= 4 is 23.2 Å². The summed E-state index contributed by atoms with van der Waals surface area (Å²) in [5.74, 6) is -1.26. The monoisotopic (exact) mass is 259 g/mol. The fraction of sp³-hybridized carbons (Fsp3) is 0. The zero-order chi connectivity index (χ0) is 13.8. The lowest BCUT2D eigenvalue weighted by atomic mass is 10.2. The van der Waals surface area contributed by atoms with Gasteiger partial charge in [-0.05, 0) is 12.1 Å². The molecular weight excluding hydrogens is 250 g/mol. The molecule has 1 aromatic carbocycles. The zero-order valence-corrected chi connectivity index (χ0v) is 9.61. The minimum atomic E-state index is -1.26. The van der Waals surface area contributed by atoms with Gasteiger partial charge in [0.1, 0.15) is 0 Å². The fourth-order valence-electron chi connectivity index (χ4n) is 1.46. The minimum Gasteiger partial charge on any atom is -0.478 e. The second kappa shape index (κ2) is 5.13. The van der Waals surface area contributed by atoms with Gasteiger partial charge in [-0.3, -0.25) is 10.1 Å². The van der Waals surface area contributed by atoms with E-state index in [1.807, 2.05) is 0 Å². The number of hydrogen-bond acceptors (Lipinski definition) is 5. The van der Waals surface area contributed by atoms with Gasteiger partial charge < -0.3 is 10.4 Å². The highest BCUT2D eigenvalue weighted by atomic mass is 16.6. The van der Waals surface area contributed by atoms with Crippen molar-refractivity contribution in [3.05, 3.63) is 58.3 Å². The number of aromatic nitrogens is 1. The fourth-order valence-corrected chi connectivity index (χ4v) is 1.46. The lowest BCUT2D eigenvalue weighted by Gasteiger charge is -2.06. The number of hydrogen-bond donors (Lipinski definition) is 2. The van der Waals surface area contributed by atoms with Gasteiger partial charge in [-0.25, -0.2) is 9.78 Å². The number of para-hydroxylation sites is 1. The van der Waals surface area contributed by atoms with Gasteiger partial charge in [0.05, 0.1) is 10.5 Å². The molecule has 0 aliphatic rings. The molecule has 0 fully saturated rings. The first-order valence-corrected chi connectivity index (χ1v) is 5.28. The van der Waals surface area contributed by atoms with Gasteiger partial charge >= 0.3 is 11.7 Å². The van der Waals surface area contributed by atoms with Gasteiger partial charge in [-0.1, -0.05) is 18.2 Å². The lowest BCUT2D eigenvalue weighted by Crippen LogP contribution is -2.04. The third kappa shape index (κ3) is 2.83. The Bertz CT molecular complexity index is 628. The molecule has 0 radical (unpaired) electrons. The van der Waals surface area contributed by atoms with Crippen molar-refractivity contribution in [2.75, 3.05) is 5.32 Å². The highest BCUT2D eigenvalue weighted by Gasteiger charge is 2.18. The molecule has 2 N–H and O–H groups in total. The molecule has 0 atom stereocenters. The summed E-state index contributed by atoms with van der Waals surface area (Å²) in [5, 5.41) is 22.5. The molecule has 96 valence electrons. The highest BCUT2D eigenvalue weighted by Crippen LogP contribution is 2.25. The Labute approximate surface area is 107 Å². The number of carboxylic acid groups (broad SMARTS) is 1.